The minimum absolute atomic E-state index is 0.266. The van der Waals surface area contributed by atoms with E-state index >= 15 is 0 Å². The summed E-state index contributed by atoms with van der Waals surface area (Å²) < 4.78 is 4.96. The molecule has 0 fully saturated rings. The summed E-state index contributed by atoms with van der Waals surface area (Å²) in [4.78, 5) is 8.56. The Balaban J connectivity index is 2.04. The van der Waals surface area contributed by atoms with E-state index in [2.05, 4.69) is 20.4 Å². The Kier molecular flexibility index (Phi) is 3.29. The summed E-state index contributed by atoms with van der Waals surface area (Å²) in [6.45, 7) is 2.17. The van der Waals surface area contributed by atoms with E-state index < -0.39 is 0 Å². The van der Waals surface area contributed by atoms with Crippen LogP contribution in [0.4, 0.5) is 5.82 Å². The van der Waals surface area contributed by atoms with Crippen LogP contribution < -0.4 is 11.1 Å². The van der Waals surface area contributed by atoms with Crippen molar-refractivity contribution in [2.45, 2.75) is 13.5 Å². The van der Waals surface area contributed by atoms with E-state index in [1.165, 1.54) is 0 Å². The summed E-state index contributed by atoms with van der Waals surface area (Å²) in [6, 6.07) is 5.39. The molecule has 0 bridgehead atoms. The molecule has 88 valence electrons. The van der Waals surface area contributed by atoms with Crippen molar-refractivity contribution in [3.8, 4) is 0 Å². The van der Waals surface area contributed by atoms with E-state index in [0.29, 0.717) is 29.8 Å². The number of thiocarbonyl (C=S) groups is 1. The highest BCUT2D eigenvalue weighted by Crippen LogP contribution is 2.06. The molecule has 0 saturated heterocycles. The topological polar surface area (TPSA) is 89.9 Å². The molecule has 0 amide bonds. The first-order valence-corrected chi connectivity index (χ1v) is 5.36. The molecule has 0 aliphatic rings. The molecule has 0 aliphatic heterocycles. The van der Waals surface area contributed by atoms with E-state index in [-0.39, 0.29) is 4.99 Å². The van der Waals surface area contributed by atoms with Gasteiger partial charge in [0.1, 0.15) is 10.8 Å². The van der Waals surface area contributed by atoms with E-state index in [1.54, 1.807) is 13.0 Å². The van der Waals surface area contributed by atoms with Crippen LogP contribution in [0.3, 0.4) is 0 Å². The predicted molar refractivity (Wildman–Crippen MR) is 66.5 cm³/mol. The van der Waals surface area contributed by atoms with E-state index in [9.17, 15) is 0 Å². The van der Waals surface area contributed by atoms with Crippen molar-refractivity contribution in [1.82, 2.24) is 15.1 Å². The van der Waals surface area contributed by atoms with Gasteiger partial charge in [-0.15, -0.1) is 0 Å². The summed E-state index contributed by atoms with van der Waals surface area (Å²) in [5.74, 6) is 1.77. The number of pyridine rings is 1. The molecule has 0 saturated carbocycles. The van der Waals surface area contributed by atoms with Crippen LogP contribution in [0.15, 0.2) is 22.7 Å². The lowest BCUT2D eigenvalue weighted by Gasteiger charge is -2.04. The minimum Gasteiger partial charge on any atom is -0.388 e. The number of nitrogens with zero attached hydrogens (tertiary/aromatic N) is 3. The van der Waals surface area contributed by atoms with Crippen molar-refractivity contribution in [2.24, 2.45) is 5.73 Å². The highest BCUT2D eigenvalue weighted by molar-refractivity contribution is 7.80. The summed E-state index contributed by atoms with van der Waals surface area (Å²) in [6.07, 6.45) is 0. The lowest BCUT2D eigenvalue weighted by Crippen LogP contribution is -2.12. The Morgan fingerprint density at radius 1 is 1.47 bits per heavy atom. The van der Waals surface area contributed by atoms with Gasteiger partial charge in [0.2, 0.25) is 5.89 Å². The smallest absolute Gasteiger partial charge is 0.245 e. The van der Waals surface area contributed by atoms with E-state index in [0.717, 1.165) is 0 Å². The SMILES string of the molecule is Cc1noc(CNc2cccc(C(N)=S)n2)n1. The van der Waals surface area contributed by atoms with Crippen LogP contribution in [0, 0.1) is 6.92 Å². The normalized spacial score (nSPS) is 10.2. The molecule has 6 nitrogen and oxygen atoms in total. The van der Waals surface area contributed by atoms with Gasteiger partial charge in [-0.05, 0) is 19.1 Å². The second-order valence-corrected chi connectivity index (χ2v) is 3.80. The van der Waals surface area contributed by atoms with Crippen molar-refractivity contribution >= 4 is 23.0 Å². The van der Waals surface area contributed by atoms with Gasteiger partial charge in [0, 0.05) is 0 Å². The van der Waals surface area contributed by atoms with Gasteiger partial charge in [0.15, 0.2) is 5.82 Å². The van der Waals surface area contributed by atoms with E-state index in [4.69, 9.17) is 22.5 Å². The first-order chi connectivity index (χ1) is 8.15. The Hall–Kier alpha value is -2.02. The molecule has 0 aliphatic carbocycles. The number of anilines is 1. The lowest BCUT2D eigenvalue weighted by atomic mass is 10.3. The third-order valence-electron chi connectivity index (χ3n) is 1.99. The van der Waals surface area contributed by atoms with Crippen LogP contribution in [-0.2, 0) is 6.54 Å². The molecule has 3 N–H and O–H groups in total. The van der Waals surface area contributed by atoms with E-state index in [1.807, 2.05) is 12.1 Å². The van der Waals surface area contributed by atoms with Gasteiger partial charge < -0.3 is 15.6 Å². The molecule has 17 heavy (non-hydrogen) atoms. The number of rotatable bonds is 4. The van der Waals surface area contributed by atoms with Gasteiger partial charge in [-0.3, -0.25) is 0 Å². The van der Waals surface area contributed by atoms with Crippen LogP contribution in [0.5, 0.6) is 0 Å². The summed E-state index contributed by atoms with van der Waals surface area (Å²) in [5, 5.41) is 6.73. The maximum absolute atomic E-state index is 5.49. The van der Waals surface area contributed by atoms with Crippen LogP contribution in [0.2, 0.25) is 0 Å². The molecule has 2 aromatic rings. The average molecular weight is 249 g/mol. The quantitative estimate of drug-likeness (QED) is 0.782. The highest BCUT2D eigenvalue weighted by Gasteiger charge is 2.04. The number of hydrogen-bond donors (Lipinski definition) is 2. The zero-order valence-electron chi connectivity index (χ0n) is 9.17. The first kappa shape index (κ1) is 11.5. The molecule has 0 atom stereocenters. The molecule has 2 rings (SSSR count). The number of nitrogens with one attached hydrogen (secondary N) is 1. The van der Waals surface area contributed by atoms with Gasteiger partial charge in [-0.1, -0.05) is 23.4 Å². The molecule has 0 spiro atoms. The Bertz CT molecular complexity index is 539. The second kappa shape index (κ2) is 4.88. The van der Waals surface area contributed by atoms with Gasteiger partial charge in [-0.2, -0.15) is 4.98 Å². The molecule has 0 unspecified atom stereocenters. The van der Waals surface area contributed by atoms with Crippen LogP contribution in [-0.4, -0.2) is 20.1 Å². The van der Waals surface area contributed by atoms with Crippen LogP contribution >= 0.6 is 12.2 Å². The third kappa shape index (κ3) is 2.97. The standard InChI is InChI=1S/C10H11N5OS/c1-6-13-9(16-15-6)5-12-8-4-2-3-7(14-8)10(11)17/h2-4H,5H2,1H3,(H2,11,17)(H,12,14). The maximum atomic E-state index is 5.49. The van der Waals surface area contributed by atoms with Crippen molar-refractivity contribution in [1.29, 1.82) is 0 Å². The fourth-order valence-corrected chi connectivity index (χ4v) is 1.36. The molecule has 2 aromatic heterocycles. The monoisotopic (exact) mass is 249 g/mol. The number of aromatic nitrogens is 3. The van der Waals surface area contributed by atoms with Crippen molar-refractivity contribution in [3.63, 3.8) is 0 Å². The first-order valence-electron chi connectivity index (χ1n) is 4.95. The van der Waals surface area contributed by atoms with Crippen LogP contribution in [0.25, 0.3) is 0 Å². The molecular weight excluding hydrogens is 238 g/mol. The zero-order valence-corrected chi connectivity index (χ0v) is 9.99. The van der Waals surface area contributed by atoms with Gasteiger partial charge in [0.25, 0.3) is 0 Å². The lowest BCUT2D eigenvalue weighted by molar-refractivity contribution is 0.379. The predicted octanol–water partition coefficient (Wildman–Crippen LogP) is 1.02. The molecular formula is C10H11N5OS. The fourth-order valence-electron chi connectivity index (χ4n) is 1.25. The van der Waals surface area contributed by atoms with Gasteiger partial charge >= 0.3 is 0 Å². The number of nitrogens with two attached hydrogens (primary N) is 1. The van der Waals surface area contributed by atoms with Gasteiger partial charge in [0.05, 0.1) is 12.2 Å². The molecule has 0 aromatic carbocycles. The molecule has 7 heteroatoms. The van der Waals surface area contributed by atoms with Crippen molar-refractivity contribution in [2.75, 3.05) is 5.32 Å². The minimum atomic E-state index is 0.266. The van der Waals surface area contributed by atoms with Crippen molar-refractivity contribution in [3.05, 3.63) is 35.6 Å². The molecule has 0 radical (unpaired) electrons. The fraction of sp³-hybridized carbons (Fsp3) is 0.200. The number of hydrogen-bond acceptors (Lipinski definition) is 6. The second-order valence-electron chi connectivity index (χ2n) is 3.36. The van der Waals surface area contributed by atoms with Gasteiger partial charge in [-0.25, -0.2) is 4.98 Å². The summed E-state index contributed by atoms with van der Waals surface area (Å²) in [7, 11) is 0. The Labute approximate surface area is 103 Å². The summed E-state index contributed by atoms with van der Waals surface area (Å²) >= 11 is 4.85. The highest BCUT2D eigenvalue weighted by atomic mass is 32.1. The largest absolute Gasteiger partial charge is 0.388 e. The van der Waals surface area contributed by atoms with Crippen LogP contribution in [0.1, 0.15) is 17.4 Å². The maximum Gasteiger partial charge on any atom is 0.245 e. The zero-order chi connectivity index (χ0) is 12.3. The Morgan fingerprint density at radius 3 is 2.94 bits per heavy atom. The summed E-state index contributed by atoms with van der Waals surface area (Å²) in [5.41, 5.74) is 6.07. The molecule has 2 heterocycles. The van der Waals surface area contributed by atoms with Crippen molar-refractivity contribution < 1.29 is 4.52 Å². The Morgan fingerprint density at radius 2 is 2.29 bits per heavy atom. The third-order valence-corrected chi connectivity index (χ3v) is 2.20. The number of aryl methyl sites for hydroxylation is 1. The average Bonchev–Trinajstić information content (AvgIpc) is 2.73.